The smallest absolute Gasteiger partial charge is 0.276 e. The molecule has 6 nitrogen and oxygen atoms in total. The molecule has 0 spiro atoms. The first-order valence-corrected chi connectivity index (χ1v) is 7.32. The van der Waals surface area contributed by atoms with Crippen molar-refractivity contribution in [2.75, 3.05) is 5.32 Å². The zero-order valence-electron chi connectivity index (χ0n) is 11.7. The maximum Gasteiger partial charge on any atom is 0.276 e. The SMILES string of the molecule is Cc1cc(Br)ccc1NC(=O)c1ccc(-n2ccnc2)nn1. The Morgan fingerprint density at radius 3 is 2.73 bits per heavy atom. The molecule has 0 unspecified atom stereocenters. The number of halogens is 1. The maximum atomic E-state index is 12.2. The van der Waals surface area contributed by atoms with Gasteiger partial charge in [-0.1, -0.05) is 15.9 Å². The number of anilines is 1. The van der Waals surface area contributed by atoms with Crippen LogP contribution < -0.4 is 5.32 Å². The third kappa shape index (κ3) is 3.04. The van der Waals surface area contributed by atoms with Gasteiger partial charge in [0.1, 0.15) is 6.33 Å². The summed E-state index contributed by atoms with van der Waals surface area (Å²) in [5, 5.41) is 10.8. The van der Waals surface area contributed by atoms with Crippen molar-refractivity contribution < 1.29 is 4.79 Å². The highest BCUT2D eigenvalue weighted by Gasteiger charge is 2.10. The molecular weight excluding hydrogens is 346 g/mol. The number of hydrogen-bond donors (Lipinski definition) is 1. The molecule has 0 aliphatic rings. The highest BCUT2D eigenvalue weighted by atomic mass is 79.9. The van der Waals surface area contributed by atoms with Crippen LogP contribution in [-0.4, -0.2) is 25.7 Å². The summed E-state index contributed by atoms with van der Waals surface area (Å²) in [4.78, 5) is 16.1. The number of rotatable bonds is 3. The van der Waals surface area contributed by atoms with Crippen molar-refractivity contribution in [2.45, 2.75) is 6.92 Å². The van der Waals surface area contributed by atoms with Crippen LogP contribution in [0.25, 0.3) is 5.82 Å². The highest BCUT2D eigenvalue weighted by molar-refractivity contribution is 9.10. The molecule has 0 saturated heterocycles. The average Bonchev–Trinajstić information content (AvgIpc) is 3.04. The summed E-state index contributed by atoms with van der Waals surface area (Å²) in [6.45, 7) is 1.92. The molecule has 0 fully saturated rings. The number of aryl methyl sites for hydroxylation is 1. The standard InChI is InChI=1S/C15H12BrN5O/c1-10-8-11(16)2-3-12(10)18-15(22)13-4-5-14(20-19-13)21-7-6-17-9-21/h2-9H,1H3,(H,18,22). The lowest BCUT2D eigenvalue weighted by molar-refractivity contribution is 0.102. The fourth-order valence-corrected chi connectivity index (χ4v) is 2.41. The molecule has 0 saturated carbocycles. The Morgan fingerprint density at radius 1 is 1.23 bits per heavy atom. The molecule has 22 heavy (non-hydrogen) atoms. The second-order valence-corrected chi connectivity index (χ2v) is 5.58. The van der Waals surface area contributed by atoms with Crippen LogP contribution in [0.1, 0.15) is 16.1 Å². The van der Waals surface area contributed by atoms with Gasteiger partial charge in [-0.3, -0.25) is 9.36 Å². The number of aromatic nitrogens is 4. The zero-order valence-corrected chi connectivity index (χ0v) is 13.3. The third-order valence-corrected chi connectivity index (χ3v) is 3.58. The van der Waals surface area contributed by atoms with Crippen molar-refractivity contribution in [2.24, 2.45) is 0 Å². The topological polar surface area (TPSA) is 72.7 Å². The van der Waals surface area contributed by atoms with Gasteiger partial charge in [0.15, 0.2) is 11.5 Å². The number of nitrogens with one attached hydrogen (secondary N) is 1. The molecule has 2 heterocycles. The van der Waals surface area contributed by atoms with E-state index in [1.54, 1.807) is 35.4 Å². The molecule has 1 aromatic carbocycles. The van der Waals surface area contributed by atoms with E-state index in [1.165, 1.54) is 0 Å². The molecule has 7 heteroatoms. The second-order valence-electron chi connectivity index (χ2n) is 4.66. The van der Waals surface area contributed by atoms with Crippen LogP contribution in [0.5, 0.6) is 0 Å². The average molecular weight is 358 g/mol. The summed E-state index contributed by atoms with van der Waals surface area (Å²) < 4.78 is 2.68. The number of hydrogen-bond acceptors (Lipinski definition) is 4. The zero-order chi connectivity index (χ0) is 15.5. The molecule has 0 radical (unpaired) electrons. The van der Waals surface area contributed by atoms with Crippen LogP contribution in [0.3, 0.4) is 0 Å². The largest absolute Gasteiger partial charge is 0.320 e. The number of amides is 1. The van der Waals surface area contributed by atoms with Crippen LogP contribution in [0, 0.1) is 6.92 Å². The first-order valence-electron chi connectivity index (χ1n) is 6.53. The van der Waals surface area contributed by atoms with E-state index in [0.717, 1.165) is 15.7 Å². The summed E-state index contributed by atoms with van der Waals surface area (Å²) in [6.07, 6.45) is 5.03. The van der Waals surface area contributed by atoms with Gasteiger partial charge in [0.05, 0.1) is 0 Å². The van der Waals surface area contributed by atoms with Crippen LogP contribution in [0.2, 0.25) is 0 Å². The van der Waals surface area contributed by atoms with E-state index < -0.39 is 0 Å². The van der Waals surface area contributed by atoms with Crippen LogP contribution in [0.4, 0.5) is 5.69 Å². The maximum absolute atomic E-state index is 12.2. The molecule has 0 atom stereocenters. The summed E-state index contributed by atoms with van der Waals surface area (Å²) in [5.41, 5.74) is 1.96. The number of imidazole rings is 1. The molecular formula is C15H12BrN5O. The van der Waals surface area contributed by atoms with Gasteiger partial charge in [-0.15, -0.1) is 10.2 Å². The summed E-state index contributed by atoms with van der Waals surface area (Å²) in [6, 6.07) is 8.99. The highest BCUT2D eigenvalue weighted by Crippen LogP contribution is 2.20. The minimum absolute atomic E-state index is 0.256. The van der Waals surface area contributed by atoms with Crippen molar-refractivity contribution >= 4 is 27.5 Å². The van der Waals surface area contributed by atoms with E-state index in [1.807, 2.05) is 25.1 Å². The van der Waals surface area contributed by atoms with E-state index in [0.29, 0.717) is 5.82 Å². The van der Waals surface area contributed by atoms with Gasteiger partial charge in [-0.2, -0.15) is 0 Å². The molecule has 0 aliphatic heterocycles. The Labute approximate surface area is 135 Å². The fourth-order valence-electron chi connectivity index (χ4n) is 1.93. The van der Waals surface area contributed by atoms with Gasteiger partial charge < -0.3 is 5.32 Å². The molecule has 1 N–H and O–H groups in total. The van der Waals surface area contributed by atoms with Gasteiger partial charge in [0.25, 0.3) is 5.91 Å². The van der Waals surface area contributed by atoms with Gasteiger partial charge in [0.2, 0.25) is 0 Å². The Kier molecular flexibility index (Phi) is 3.97. The van der Waals surface area contributed by atoms with E-state index in [4.69, 9.17) is 0 Å². The normalized spacial score (nSPS) is 10.5. The fraction of sp³-hybridized carbons (Fsp3) is 0.0667. The van der Waals surface area contributed by atoms with Crippen molar-refractivity contribution in [3.8, 4) is 5.82 Å². The third-order valence-electron chi connectivity index (χ3n) is 3.09. The molecule has 0 aliphatic carbocycles. The molecule has 3 rings (SSSR count). The predicted octanol–water partition coefficient (Wildman–Crippen LogP) is 2.99. The number of carbonyl (C=O) groups excluding carboxylic acids is 1. The lowest BCUT2D eigenvalue weighted by Crippen LogP contribution is -2.15. The van der Waals surface area contributed by atoms with Gasteiger partial charge in [-0.05, 0) is 42.8 Å². The van der Waals surface area contributed by atoms with Crippen LogP contribution in [-0.2, 0) is 0 Å². The molecule has 0 bridgehead atoms. The minimum Gasteiger partial charge on any atom is -0.320 e. The summed E-state index contributed by atoms with van der Waals surface area (Å²) >= 11 is 3.39. The predicted molar refractivity (Wildman–Crippen MR) is 86.0 cm³/mol. The minimum atomic E-state index is -0.296. The molecule has 1 amide bonds. The van der Waals surface area contributed by atoms with Crippen LogP contribution in [0.15, 0.2) is 53.5 Å². The Balaban J connectivity index is 1.77. The van der Waals surface area contributed by atoms with Gasteiger partial charge in [0, 0.05) is 22.6 Å². The number of nitrogens with zero attached hydrogens (tertiary/aromatic N) is 4. The lowest BCUT2D eigenvalue weighted by Gasteiger charge is -2.08. The quantitative estimate of drug-likeness (QED) is 0.781. The van der Waals surface area contributed by atoms with Crippen LogP contribution >= 0.6 is 15.9 Å². The van der Waals surface area contributed by atoms with Crippen molar-refractivity contribution in [1.29, 1.82) is 0 Å². The van der Waals surface area contributed by atoms with E-state index >= 15 is 0 Å². The van der Waals surface area contributed by atoms with Crippen molar-refractivity contribution in [1.82, 2.24) is 19.7 Å². The van der Waals surface area contributed by atoms with Crippen molar-refractivity contribution in [3.05, 3.63) is 64.8 Å². The van der Waals surface area contributed by atoms with E-state index in [9.17, 15) is 4.79 Å². The summed E-state index contributed by atoms with van der Waals surface area (Å²) in [5.74, 6) is 0.309. The summed E-state index contributed by atoms with van der Waals surface area (Å²) in [7, 11) is 0. The van der Waals surface area contributed by atoms with Gasteiger partial charge >= 0.3 is 0 Å². The van der Waals surface area contributed by atoms with E-state index in [-0.39, 0.29) is 11.6 Å². The van der Waals surface area contributed by atoms with E-state index in [2.05, 4.69) is 36.4 Å². The monoisotopic (exact) mass is 357 g/mol. The Bertz CT molecular complexity index is 799. The number of benzene rings is 1. The second kappa shape index (κ2) is 6.07. The molecule has 3 aromatic rings. The lowest BCUT2D eigenvalue weighted by atomic mass is 10.2. The Hall–Kier alpha value is -2.54. The van der Waals surface area contributed by atoms with Crippen molar-refractivity contribution in [3.63, 3.8) is 0 Å². The number of carbonyl (C=O) groups is 1. The molecule has 2 aromatic heterocycles. The van der Waals surface area contributed by atoms with Gasteiger partial charge in [-0.25, -0.2) is 4.98 Å². The Morgan fingerprint density at radius 2 is 2.09 bits per heavy atom. The first-order chi connectivity index (χ1) is 10.6. The first kappa shape index (κ1) is 14.4. The molecule has 110 valence electrons.